The lowest BCUT2D eigenvalue weighted by Gasteiger charge is -2.43. The first-order valence-electron chi connectivity index (χ1n) is 8.48. The summed E-state index contributed by atoms with van der Waals surface area (Å²) in [5.74, 6) is 0.630. The topological polar surface area (TPSA) is 61.8 Å². The fourth-order valence-corrected chi connectivity index (χ4v) is 3.65. The van der Waals surface area contributed by atoms with Crippen LogP contribution in [0.25, 0.3) is 0 Å². The minimum Gasteiger partial charge on any atom is -0.381 e. The van der Waals surface area contributed by atoms with Crippen LogP contribution < -0.4 is 10.6 Å². The van der Waals surface area contributed by atoms with Crippen molar-refractivity contribution < 1.29 is 17.9 Å². The molecule has 0 saturated carbocycles. The molecule has 1 aliphatic rings. The number of nitrogens with zero attached hydrogens (tertiary/aromatic N) is 3. The van der Waals surface area contributed by atoms with Gasteiger partial charge in [-0.1, -0.05) is 0 Å². The largest absolute Gasteiger partial charge is 0.434 e. The summed E-state index contributed by atoms with van der Waals surface area (Å²) in [6, 6.07) is 0. The maximum absolute atomic E-state index is 12.6. The summed E-state index contributed by atoms with van der Waals surface area (Å²) in [6.45, 7) is 2.65. The molecule has 1 aromatic rings. The van der Waals surface area contributed by atoms with Crippen molar-refractivity contribution in [2.75, 3.05) is 47.4 Å². The SMILES string of the molecule is CN=C(NCCc1nc(C(F)(F)F)cs1)NCC1(N(C)C)CCOCC1.I. The predicted octanol–water partition coefficient (Wildman–Crippen LogP) is 2.60. The molecule has 0 amide bonds. The van der Waals surface area contributed by atoms with Gasteiger partial charge in [-0.05, 0) is 26.9 Å². The number of hydrogen-bond donors (Lipinski definition) is 2. The maximum atomic E-state index is 12.6. The number of nitrogens with one attached hydrogen (secondary N) is 2. The smallest absolute Gasteiger partial charge is 0.381 e. The van der Waals surface area contributed by atoms with Gasteiger partial charge in [-0.3, -0.25) is 4.99 Å². The molecule has 1 fully saturated rings. The van der Waals surface area contributed by atoms with Crippen molar-refractivity contribution in [1.82, 2.24) is 20.5 Å². The van der Waals surface area contributed by atoms with Gasteiger partial charge in [-0.15, -0.1) is 35.3 Å². The molecule has 2 rings (SSSR count). The number of ether oxygens (including phenoxy) is 1. The van der Waals surface area contributed by atoms with Crippen molar-refractivity contribution in [2.45, 2.75) is 31.0 Å². The van der Waals surface area contributed by atoms with Crippen LogP contribution >= 0.6 is 35.3 Å². The second-order valence-corrected chi connectivity index (χ2v) is 7.40. The molecule has 0 spiro atoms. The zero-order chi connectivity index (χ0) is 19.2. The molecule has 0 bridgehead atoms. The van der Waals surface area contributed by atoms with Gasteiger partial charge < -0.3 is 20.3 Å². The van der Waals surface area contributed by atoms with E-state index >= 15 is 0 Å². The number of aliphatic imine (C=N–C) groups is 1. The lowest BCUT2D eigenvalue weighted by molar-refractivity contribution is -0.140. The van der Waals surface area contributed by atoms with E-state index in [4.69, 9.17) is 4.74 Å². The van der Waals surface area contributed by atoms with E-state index in [0.29, 0.717) is 23.9 Å². The average Bonchev–Trinajstić information content (AvgIpc) is 3.08. The molecule has 1 aromatic heterocycles. The van der Waals surface area contributed by atoms with Crippen molar-refractivity contribution in [3.63, 3.8) is 0 Å². The molecule has 2 heterocycles. The van der Waals surface area contributed by atoms with Crippen LogP contribution in [0.4, 0.5) is 13.2 Å². The van der Waals surface area contributed by atoms with Gasteiger partial charge in [0.25, 0.3) is 0 Å². The van der Waals surface area contributed by atoms with E-state index in [2.05, 4.69) is 39.6 Å². The fraction of sp³-hybridized carbons (Fsp3) is 0.750. The second kappa shape index (κ2) is 10.8. The first-order chi connectivity index (χ1) is 12.3. The Labute approximate surface area is 179 Å². The molecule has 11 heteroatoms. The van der Waals surface area contributed by atoms with Gasteiger partial charge in [0.05, 0.1) is 5.01 Å². The minimum atomic E-state index is -4.38. The Balaban J connectivity index is 0.00000364. The predicted molar refractivity (Wildman–Crippen MR) is 112 cm³/mol. The molecule has 156 valence electrons. The number of alkyl halides is 3. The second-order valence-electron chi connectivity index (χ2n) is 6.46. The zero-order valence-corrected chi connectivity index (χ0v) is 18.9. The Morgan fingerprint density at radius 3 is 2.52 bits per heavy atom. The monoisotopic (exact) mass is 521 g/mol. The van der Waals surface area contributed by atoms with Gasteiger partial charge in [0.1, 0.15) is 0 Å². The van der Waals surface area contributed by atoms with Crippen molar-refractivity contribution >= 4 is 41.3 Å². The molecular formula is C16H27F3IN5OS. The summed E-state index contributed by atoms with van der Waals surface area (Å²) in [5.41, 5.74) is -0.820. The number of rotatable bonds is 6. The number of hydrogen-bond acceptors (Lipinski definition) is 5. The number of aromatic nitrogens is 1. The molecule has 0 radical (unpaired) electrons. The molecule has 0 atom stereocenters. The van der Waals surface area contributed by atoms with Gasteiger partial charge in [-0.2, -0.15) is 13.2 Å². The van der Waals surface area contributed by atoms with Crippen molar-refractivity contribution in [3.05, 3.63) is 16.1 Å². The third kappa shape index (κ3) is 7.02. The fourth-order valence-electron chi connectivity index (χ4n) is 2.85. The van der Waals surface area contributed by atoms with Gasteiger partial charge in [0.2, 0.25) is 0 Å². The van der Waals surface area contributed by atoms with E-state index in [-0.39, 0.29) is 29.5 Å². The van der Waals surface area contributed by atoms with Crippen LogP contribution in [0.5, 0.6) is 0 Å². The summed E-state index contributed by atoms with van der Waals surface area (Å²) in [5, 5.41) is 7.96. The van der Waals surface area contributed by atoms with Crippen molar-refractivity contribution in [3.8, 4) is 0 Å². The van der Waals surface area contributed by atoms with Crippen LogP contribution in [0, 0.1) is 0 Å². The Morgan fingerprint density at radius 2 is 2.00 bits per heavy atom. The lowest BCUT2D eigenvalue weighted by Crippen LogP contribution is -2.57. The lowest BCUT2D eigenvalue weighted by atomic mass is 9.88. The van der Waals surface area contributed by atoms with Crippen LogP contribution in [0.3, 0.4) is 0 Å². The van der Waals surface area contributed by atoms with Gasteiger partial charge >= 0.3 is 6.18 Å². The molecule has 27 heavy (non-hydrogen) atoms. The Bertz CT molecular complexity index is 603. The Kier molecular flexibility index (Phi) is 9.72. The van der Waals surface area contributed by atoms with E-state index in [1.165, 1.54) is 0 Å². The van der Waals surface area contributed by atoms with Crippen LogP contribution in [0.1, 0.15) is 23.5 Å². The third-order valence-electron chi connectivity index (χ3n) is 4.65. The van der Waals surface area contributed by atoms with Crippen LogP contribution in [0.2, 0.25) is 0 Å². The number of guanidine groups is 1. The van der Waals surface area contributed by atoms with Crippen LogP contribution in [-0.4, -0.2) is 68.8 Å². The summed E-state index contributed by atoms with van der Waals surface area (Å²) < 4.78 is 43.2. The summed E-state index contributed by atoms with van der Waals surface area (Å²) in [7, 11) is 5.79. The number of likely N-dealkylation sites (N-methyl/N-ethyl adjacent to an activating group) is 1. The quantitative estimate of drug-likeness (QED) is 0.343. The molecule has 2 N–H and O–H groups in total. The maximum Gasteiger partial charge on any atom is 0.434 e. The van der Waals surface area contributed by atoms with E-state index in [0.717, 1.165) is 49.3 Å². The summed E-state index contributed by atoms with van der Waals surface area (Å²) in [6.07, 6.45) is -2.11. The first kappa shape index (κ1) is 24.4. The highest BCUT2D eigenvalue weighted by Crippen LogP contribution is 2.30. The Hall–Kier alpha value is -0.660. The van der Waals surface area contributed by atoms with Gasteiger partial charge in [0, 0.05) is 50.7 Å². The zero-order valence-electron chi connectivity index (χ0n) is 15.7. The van der Waals surface area contributed by atoms with Gasteiger partial charge in [-0.25, -0.2) is 4.98 Å². The highest BCUT2D eigenvalue weighted by atomic mass is 127. The normalized spacial score (nSPS) is 17.5. The van der Waals surface area contributed by atoms with Crippen molar-refractivity contribution in [1.29, 1.82) is 0 Å². The van der Waals surface area contributed by atoms with Gasteiger partial charge in [0.15, 0.2) is 11.7 Å². The highest BCUT2D eigenvalue weighted by Gasteiger charge is 2.35. The van der Waals surface area contributed by atoms with Crippen LogP contribution in [-0.2, 0) is 17.3 Å². The molecule has 0 unspecified atom stereocenters. The molecule has 0 aliphatic carbocycles. The number of halogens is 4. The molecular weight excluding hydrogens is 494 g/mol. The van der Waals surface area contributed by atoms with Crippen LogP contribution in [0.15, 0.2) is 10.4 Å². The average molecular weight is 521 g/mol. The number of thiazole rings is 1. The van der Waals surface area contributed by atoms with E-state index < -0.39 is 11.9 Å². The first-order valence-corrected chi connectivity index (χ1v) is 9.36. The molecule has 6 nitrogen and oxygen atoms in total. The van der Waals surface area contributed by atoms with Crippen molar-refractivity contribution in [2.24, 2.45) is 4.99 Å². The third-order valence-corrected chi connectivity index (χ3v) is 5.56. The summed E-state index contributed by atoms with van der Waals surface area (Å²) >= 11 is 1.02. The van der Waals surface area contributed by atoms with E-state index in [1.54, 1.807) is 7.05 Å². The summed E-state index contributed by atoms with van der Waals surface area (Å²) in [4.78, 5) is 10.0. The van der Waals surface area contributed by atoms with E-state index in [1.807, 2.05) is 0 Å². The molecule has 0 aromatic carbocycles. The molecule has 1 saturated heterocycles. The highest BCUT2D eigenvalue weighted by molar-refractivity contribution is 14.0. The minimum absolute atomic E-state index is 0. The Morgan fingerprint density at radius 1 is 1.33 bits per heavy atom. The standard InChI is InChI=1S/C16H26F3N5OS.HI/c1-20-14(22-11-15(24(2)3)5-8-25-9-6-15)21-7-4-13-23-12(10-26-13)16(17,18)19;/h10H,4-9,11H2,1-3H3,(H2,20,21,22);1H. The molecule has 1 aliphatic heterocycles. The van der Waals surface area contributed by atoms with E-state index in [9.17, 15) is 13.2 Å².